The number of benzene rings is 1. The zero-order valence-corrected chi connectivity index (χ0v) is 20.8. The first kappa shape index (κ1) is 27.6. The molecule has 1 aromatic rings. The van der Waals surface area contributed by atoms with E-state index in [1.54, 1.807) is 0 Å². The number of carbonyl (C=O) groups is 1. The number of unbranched alkanes of at least 4 members (excludes halogenated alkanes) is 1. The lowest BCUT2D eigenvalue weighted by Crippen LogP contribution is -2.38. The van der Waals surface area contributed by atoms with Crippen molar-refractivity contribution in [2.45, 2.75) is 66.0 Å². The van der Waals surface area contributed by atoms with Crippen LogP contribution in [0.2, 0.25) is 0 Å². The molecule has 1 amide bonds. The van der Waals surface area contributed by atoms with E-state index in [0.29, 0.717) is 12.1 Å². The zero-order chi connectivity index (χ0) is 20.6. The lowest BCUT2D eigenvalue weighted by atomic mass is 10.1. The van der Waals surface area contributed by atoms with Gasteiger partial charge < -0.3 is 20.7 Å². The number of nitrogens with zero attached hydrogens (tertiary/aromatic N) is 1. The second kappa shape index (κ2) is 17.5. The van der Waals surface area contributed by atoms with Crippen LogP contribution in [0.1, 0.15) is 69.3 Å². The monoisotopic (exact) mass is 518 g/mol. The fourth-order valence-electron chi connectivity index (χ4n) is 2.46. The average Bonchev–Trinajstić information content (AvgIpc) is 2.71. The minimum atomic E-state index is -0.0340. The third kappa shape index (κ3) is 12.7. The molecule has 0 saturated heterocycles. The minimum absolute atomic E-state index is 0. The smallest absolute Gasteiger partial charge is 0.251 e. The summed E-state index contributed by atoms with van der Waals surface area (Å²) < 4.78 is 5.58. The van der Waals surface area contributed by atoms with Crippen molar-refractivity contribution in [3.63, 3.8) is 0 Å². The number of amides is 1. The third-order valence-corrected chi connectivity index (χ3v) is 4.34. The van der Waals surface area contributed by atoms with Gasteiger partial charge in [0.05, 0.1) is 6.54 Å². The number of aliphatic imine (C=N–C) groups is 1. The zero-order valence-electron chi connectivity index (χ0n) is 18.4. The number of hydrogen-bond donors (Lipinski definition) is 3. The van der Waals surface area contributed by atoms with Crippen molar-refractivity contribution in [1.29, 1.82) is 0 Å². The van der Waals surface area contributed by atoms with Gasteiger partial charge in [0.2, 0.25) is 0 Å². The molecule has 0 aliphatic heterocycles. The molecule has 7 heteroatoms. The SMILES string of the molecule is CCCCOCCCNC(=NCc1cccc(C(=O)NC(C)CC)c1)NCC.I. The van der Waals surface area contributed by atoms with E-state index in [4.69, 9.17) is 4.74 Å². The minimum Gasteiger partial charge on any atom is -0.381 e. The summed E-state index contributed by atoms with van der Waals surface area (Å²) in [7, 11) is 0. The number of nitrogens with one attached hydrogen (secondary N) is 3. The molecule has 0 aromatic heterocycles. The summed E-state index contributed by atoms with van der Waals surface area (Å²) in [5.41, 5.74) is 1.69. The number of halogens is 1. The van der Waals surface area contributed by atoms with Crippen LogP contribution in [-0.4, -0.2) is 44.2 Å². The molecule has 0 radical (unpaired) electrons. The Morgan fingerprint density at radius 1 is 1.14 bits per heavy atom. The Hall–Kier alpha value is -1.35. The summed E-state index contributed by atoms with van der Waals surface area (Å²) in [6.45, 7) is 12.0. The van der Waals surface area contributed by atoms with Gasteiger partial charge in [0, 0.05) is 37.9 Å². The molecule has 29 heavy (non-hydrogen) atoms. The van der Waals surface area contributed by atoms with Crippen molar-refractivity contribution in [2.24, 2.45) is 4.99 Å². The van der Waals surface area contributed by atoms with Gasteiger partial charge in [-0.1, -0.05) is 32.4 Å². The number of carbonyl (C=O) groups excluding carboxylic acids is 1. The van der Waals surface area contributed by atoms with Crippen molar-refractivity contribution >= 4 is 35.8 Å². The predicted molar refractivity (Wildman–Crippen MR) is 132 cm³/mol. The van der Waals surface area contributed by atoms with Crippen molar-refractivity contribution in [2.75, 3.05) is 26.3 Å². The van der Waals surface area contributed by atoms with E-state index >= 15 is 0 Å². The molecular formula is C22H39IN4O2. The highest BCUT2D eigenvalue weighted by atomic mass is 127. The summed E-state index contributed by atoms with van der Waals surface area (Å²) >= 11 is 0. The first-order chi connectivity index (χ1) is 13.6. The molecule has 6 nitrogen and oxygen atoms in total. The molecule has 0 bridgehead atoms. The summed E-state index contributed by atoms with van der Waals surface area (Å²) in [6.07, 6.45) is 4.14. The molecule has 3 N–H and O–H groups in total. The summed E-state index contributed by atoms with van der Waals surface area (Å²) in [4.78, 5) is 16.9. The molecule has 1 rings (SSSR count). The van der Waals surface area contributed by atoms with Crippen molar-refractivity contribution in [3.05, 3.63) is 35.4 Å². The topological polar surface area (TPSA) is 74.8 Å². The van der Waals surface area contributed by atoms with Gasteiger partial charge in [-0.15, -0.1) is 24.0 Å². The fourth-order valence-corrected chi connectivity index (χ4v) is 2.46. The predicted octanol–water partition coefficient (Wildman–Crippen LogP) is 4.09. The van der Waals surface area contributed by atoms with Gasteiger partial charge in [0.1, 0.15) is 0 Å². The highest BCUT2D eigenvalue weighted by Gasteiger charge is 2.09. The molecule has 0 fully saturated rings. The fraction of sp³-hybridized carbons (Fsp3) is 0.636. The Morgan fingerprint density at radius 2 is 1.90 bits per heavy atom. The van der Waals surface area contributed by atoms with Crippen LogP contribution in [0.15, 0.2) is 29.3 Å². The molecule has 0 saturated carbocycles. The molecule has 0 aliphatic carbocycles. The molecule has 0 heterocycles. The van der Waals surface area contributed by atoms with Gasteiger partial charge in [-0.05, 0) is 50.8 Å². The van der Waals surface area contributed by atoms with E-state index in [1.165, 1.54) is 0 Å². The maximum Gasteiger partial charge on any atom is 0.251 e. The summed E-state index contributed by atoms with van der Waals surface area (Å²) in [6, 6.07) is 7.82. The molecular weight excluding hydrogens is 479 g/mol. The van der Waals surface area contributed by atoms with Crippen LogP contribution < -0.4 is 16.0 Å². The van der Waals surface area contributed by atoms with Crippen LogP contribution in [-0.2, 0) is 11.3 Å². The molecule has 1 atom stereocenters. The van der Waals surface area contributed by atoms with E-state index in [1.807, 2.05) is 38.1 Å². The Kier molecular flexibility index (Phi) is 16.7. The van der Waals surface area contributed by atoms with E-state index in [0.717, 1.165) is 63.5 Å². The highest BCUT2D eigenvalue weighted by molar-refractivity contribution is 14.0. The molecule has 166 valence electrons. The maximum atomic E-state index is 12.3. The first-order valence-corrected chi connectivity index (χ1v) is 10.6. The van der Waals surface area contributed by atoms with E-state index in [2.05, 4.69) is 34.8 Å². The molecule has 1 aromatic carbocycles. The molecule has 1 unspecified atom stereocenters. The average molecular weight is 518 g/mol. The number of ether oxygens (including phenoxy) is 1. The van der Waals surface area contributed by atoms with E-state index in [9.17, 15) is 4.79 Å². The van der Waals surface area contributed by atoms with Gasteiger partial charge in [-0.25, -0.2) is 4.99 Å². The molecule has 0 spiro atoms. The Balaban J connectivity index is 0.00000784. The Morgan fingerprint density at radius 3 is 2.59 bits per heavy atom. The van der Waals surface area contributed by atoms with Crippen LogP contribution in [0.5, 0.6) is 0 Å². The second-order valence-corrected chi connectivity index (χ2v) is 6.92. The lowest BCUT2D eigenvalue weighted by molar-refractivity contribution is 0.0939. The van der Waals surface area contributed by atoms with Crippen molar-refractivity contribution in [3.8, 4) is 0 Å². The Labute approximate surface area is 193 Å². The van der Waals surface area contributed by atoms with Crippen LogP contribution in [0.3, 0.4) is 0 Å². The summed E-state index contributed by atoms with van der Waals surface area (Å²) in [5.74, 6) is 0.749. The van der Waals surface area contributed by atoms with Crippen LogP contribution >= 0.6 is 24.0 Å². The van der Waals surface area contributed by atoms with Gasteiger partial charge in [0.15, 0.2) is 5.96 Å². The second-order valence-electron chi connectivity index (χ2n) is 6.92. The van der Waals surface area contributed by atoms with Crippen LogP contribution in [0, 0.1) is 0 Å². The largest absolute Gasteiger partial charge is 0.381 e. The van der Waals surface area contributed by atoms with Gasteiger partial charge in [0.25, 0.3) is 5.91 Å². The first-order valence-electron chi connectivity index (χ1n) is 10.6. The van der Waals surface area contributed by atoms with Crippen LogP contribution in [0.25, 0.3) is 0 Å². The van der Waals surface area contributed by atoms with Crippen molar-refractivity contribution in [1.82, 2.24) is 16.0 Å². The third-order valence-electron chi connectivity index (χ3n) is 4.34. The van der Waals surface area contributed by atoms with Gasteiger partial charge in [-0.3, -0.25) is 4.79 Å². The van der Waals surface area contributed by atoms with E-state index in [-0.39, 0.29) is 35.9 Å². The normalized spacial score (nSPS) is 12.1. The maximum absolute atomic E-state index is 12.3. The van der Waals surface area contributed by atoms with Crippen LogP contribution in [0.4, 0.5) is 0 Å². The van der Waals surface area contributed by atoms with E-state index < -0.39 is 0 Å². The van der Waals surface area contributed by atoms with Crippen molar-refractivity contribution < 1.29 is 9.53 Å². The number of rotatable bonds is 13. The highest BCUT2D eigenvalue weighted by Crippen LogP contribution is 2.07. The molecule has 0 aliphatic rings. The quantitative estimate of drug-likeness (QED) is 0.159. The number of hydrogen-bond acceptors (Lipinski definition) is 3. The van der Waals surface area contributed by atoms with Gasteiger partial charge >= 0.3 is 0 Å². The van der Waals surface area contributed by atoms with Gasteiger partial charge in [-0.2, -0.15) is 0 Å². The summed E-state index contributed by atoms with van der Waals surface area (Å²) in [5, 5.41) is 9.59. The number of guanidine groups is 1. The standard InChI is InChI=1S/C22H38N4O2.HI/c1-5-8-14-28-15-10-13-24-22(23-7-3)25-17-19-11-9-12-20(16-19)21(27)26-18(4)6-2;/h9,11-12,16,18H,5-8,10,13-15,17H2,1-4H3,(H,26,27)(H2,23,24,25);1H. The Bertz CT molecular complexity index is 596. The lowest BCUT2D eigenvalue weighted by Gasteiger charge is -2.13.